The molecule has 3 aromatic carbocycles. The molecule has 178 valence electrons. The molecule has 4 aromatic rings. The number of fused-ring (bicyclic) bond motifs is 1. The molecule has 1 unspecified atom stereocenters. The number of aromatic amines is 1. The van der Waals surface area contributed by atoms with Gasteiger partial charge in [0.05, 0.1) is 12.6 Å². The summed E-state index contributed by atoms with van der Waals surface area (Å²) in [4.78, 5) is 15.5. The molecule has 2 N–H and O–H groups in total. The second-order valence-corrected chi connectivity index (χ2v) is 9.13. The standard InChI is InChI=1S/C28H26ClN3O3/c1-3-12-35-20-11-7-10-19(14-20)27-24-25(21-15-22(29)17(2)13-23(21)33)30-31-26(24)28(34)32(27)16-18-8-5-4-6-9-18/h4-11,13-15,27,33H,3,12,16H2,1-2H3,(H,30,31). The van der Waals surface area contributed by atoms with Crippen LogP contribution in [0, 0.1) is 6.92 Å². The molecular formula is C28H26ClN3O3. The van der Waals surface area contributed by atoms with Crippen LogP contribution in [-0.4, -0.2) is 32.7 Å². The summed E-state index contributed by atoms with van der Waals surface area (Å²) in [7, 11) is 0. The number of amides is 1. The first kappa shape index (κ1) is 23.0. The van der Waals surface area contributed by atoms with Gasteiger partial charge in [-0.25, -0.2) is 0 Å². The van der Waals surface area contributed by atoms with E-state index in [4.69, 9.17) is 16.3 Å². The maximum atomic E-state index is 13.6. The van der Waals surface area contributed by atoms with Crippen molar-refractivity contribution >= 4 is 17.5 Å². The fraction of sp³-hybridized carbons (Fsp3) is 0.214. The summed E-state index contributed by atoms with van der Waals surface area (Å²) < 4.78 is 5.88. The van der Waals surface area contributed by atoms with Crippen molar-refractivity contribution in [2.75, 3.05) is 6.61 Å². The second kappa shape index (κ2) is 9.47. The Morgan fingerprint density at radius 1 is 1.11 bits per heavy atom. The SMILES string of the molecule is CCCOc1cccc(C2c3c(-c4cc(Cl)c(C)cc4O)n[nH]c3C(=O)N2Cc2ccccc2)c1. The topological polar surface area (TPSA) is 78.5 Å². The van der Waals surface area contributed by atoms with Gasteiger partial charge in [-0.3, -0.25) is 9.89 Å². The summed E-state index contributed by atoms with van der Waals surface area (Å²) in [6.45, 7) is 4.92. The van der Waals surface area contributed by atoms with Gasteiger partial charge in [-0.15, -0.1) is 0 Å². The number of rotatable bonds is 7. The molecular weight excluding hydrogens is 462 g/mol. The summed E-state index contributed by atoms with van der Waals surface area (Å²) in [6.07, 6.45) is 0.899. The number of hydrogen-bond acceptors (Lipinski definition) is 4. The number of nitrogens with zero attached hydrogens (tertiary/aromatic N) is 2. The van der Waals surface area contributed by atoms with Crippen LogP contribution in [0.25, 0.3) is 11.3 Å². The number of H-pyrrole nitrogens is 1. The van der Waals surface area contributed by atoms with Crippen molar-refractivity contribution in [2.24, 2.45) is 0 Å². The zero-order valence-electron chi connectivity index (χ0n) is 19.6. The van der Waals surface area contributed by atoms with Crippen LogP contribution in [0.15, 0.2) is 66.7 Å². The highest BCUT2D eigenvalue weighted by molar-refractivity contribution is 6.31. The van der Waals surface area contributed by atoms with Crippen molar-refractivity contribution in [3.05, 3.63) is 99.7 Å². The van der Waals surface area contributed by atoms with Crippen LogP contribution in [0.1, 0.15) is 52.1 Å². The average Bonchev–Trinajstić information content (AvgIpc) is 3.40. The van der Waals surface area contributed by atoms with Crippen molar-refractivity contribution in [1.29, 1.82) is 0 Å². The van der Waals surface area contributed by atoms with Crippen LogP contribution in [0.5, 0.6) is 11.5 Å². The summed E-state index contributed by atoms with van der Waals surface area (Å²) in [5.74, 6) is 0.662. The van der Waals surface area contributed by atoms with Gasteiger partial charge in [0.15, 0.2) is 0 Å². The van der Waals surface area contributed by atoms with Gasteiger partial charge < -0.3 is 14.7 Å². The van der Waals surface area contributed by atoms with Gasteiger partial charge in [0.1, 0.15) is 22.9 Å². The molecule has 0 fully saturated rings. The minimum Gasteiger partial charge on any atom is -0.507 e. The van der Waals surface area contributed by atoms with Crippen LogP contribution >= 0.6 is 11.6 Å². The lowest BCUT2D eigenvalue weighted by atomic mass is 9.95. The first-order valence-corrected chi connectivity index (χ1v) is 12.0. The van der Waals surface area contributed by atoms with Crippen molar-refractivity contribution in [3.8, 4) is 22.8 Å². The number of ether oxygens (including phenoxy) is 1. The van der Waals surface area contributed by atoms with Gasteiger partial charge >= 0.3 is 0 Å². The Morgan fingerprint density at radius 3 is 2.69 bits per heavy atom. The number of benzene rings is 3. The zero-order chi connectivity index (χ0) is 24.5. The van der Waals surface area contributed by atoms with Crippen molar-refractivity contribution < 1.29 is 14.6 Å². The van der Waals surface area contributed by atoms with E-state index < -0.39 is 6.04 Å². The first-order chi connectivity index (χ1) is 17.0. The number of phenolic OH excluding ortho intramolecular Hbond substituents is 1. The molecule has 35 heavy (non-hydrogen) atoms. The molecule has 0 radical (unpaired) electrons. The normalized spacial score (nSPS) is 14.9. The number of phenols is 1. The van der Waals surface area contributed by atoms with E-state index in [-0.39, 0.29) is 11.7 Å². The highest BCUT2D eigenvalue weighted by atomic mass is 35.5. The van der Waals surface area contributed by atoms with Crippen molar-refractivity contribution in [1.82, 2.24) is 15.1 Å². The quantitative estimate of drug-likeness (QED) is 0.321. The summed E-state index contributed by atoms with van der Waals surface area (Å²) in [5.41, 5.74) is 4.81. The Hall–Kier alpha value is -3.77. The lowest BCUT2D eigenvalue weighted by Gasteiger charge is -2.27. The molecule has 0 aliphatic carbocycles. The van der Waals surface area contributed by atoms with Crippen molar-refractivity contribution in [2.45, 2.75) is 32.9 Å². The summed E-state index contributed by atoms with van der Waals surface area (Å²) >= 11 is 6.40. The van der Waals surface area contributed by atoms with Gasteiger partial charge in [-0.05, 0) is 54.3 Å². The molecule has 1 aromatic heterocycles. The fourth-order valence-electron chi connectivity index (χ4n) is 4.54. The van der Waals surface area contributed by atoms with Crippen molar-refractivity contribution in [3.63, 3.8) is 0 Å². The molecule has 1 atom stereocenters. The number of aromatic nitrogens is 2. The van der Waals surface area contributed by atoms with Crippen LogP contribution in [0.2, 0.25) is 5.02 Å². The summed E-state index contributed by atoms with van der Waals surface area (Å²) in [6, 6.07) is 20.6. The van der Waals surface area contributed by atoms with Crippen LogP contribution < -0.4 is 4.74 Å². The molecule has 5 rings (SSSR count). The highest BCUT2D eigenvalue weighted by Gasteiger charge is 2.42. The van der Waals surface area contributed by atoms with Gasteiger partial charge in [0.2, 0.25) is 0 Å². The van der Waals surface area contributed by atoms with E-state index in [1.54, 1.807) is 12.1 Å². The third kappa shape index (κ3) is 4.26. The predicted octanol–water partition coefficient (Wildman–Crippen LogP) is 6.28. The molecule has 0 bridgehead atoms. The number of hydrogen-bond donors (Lipinski definition) is 2. The van der Waals surface area contributed by atoms with Crippen LogP contribution in [-0.2, 0) is 6.54 Å². The molecule has 7 heteroatoms. The van der Waals surface area contributed by atoms with E-state index in [1.807, 2.05) is 66.4 Å². The minimum absolute atomic E-state index is 0.0638. The molecule has 2 heterocycles. The first-order valence-electron chi connectivity index (χ1n) is 11.6. The maximum absolute atomic E-state index is 13.6. The molecule has 1 aliphatic heterocycles. The maximum Gasteiger partial charge on any atom is 0.273 e. The third-order valence-corrected chi connectivity index (χ3v) is 6.65. The predicted molar refractivity (Wildman–Crippen MR) is 136 cm³/mol. The minimum atomic E-state index is -0.420. The molecule has 0 spiro atoms. The van der Waals surface area contributed by atoms with Gasteiger partial charge in [-0.2, -0.15) is 5.10 Å². The van der Waals surface area contributed by atoms with E-state index in [0.29, 0.717) is 40.7 Å². The Balaban J connectivity index is 1.66. The Bertz CT molecular complexity index is 1380. The fourth-order valence-corrected chi connectivity index (χ4v) is 4.71. The zero-order valence-corrected chi connectivity index (χ0v) is 20.3. The molecule has 6 nitrogen and oxygen atoms in total. The van der Waals surface area contributed by atoms with Crippen LogP contribution in [0.4, 0.5) is 0 Å². The number of halogens is 1. The van der Waals surface area contributed by atoms with E-state index in [0.717, 1.165) is 28.9 Å². The lowest BCUT2D eigenvalue weighted by molar-refractivity contribution is 0.0730. The number of aryl methyl sites for hydroxylation is 1. The molecule has 1 amide bonds. The number of aromatic hydroxyl groups is 1. The Morgan fingerprint density at radius 2 is 1.91 bits per heavy atom. The molecule has 0 saturated carbocycles. The molecule has 0 saturated heterocycles. The van der Waals surface area contributed by atoms with Gasteiger partial charge in [-0.1, -0.05) is 61.0 Å². The lowest BCUT2D eigenvalue weighted by Crippen LogP contribution is -2.29. The van der Waals surface area contributed by atoms with Gasteiger partial charge in [0, 0.05) is 22.7 Å². The molecule has 1 aliphatic rings. The second-order valence-electron chi connectivity index (χ2n) is 8.72. The third-order valence-electron chi connectivity index (χ3n) is 6.24. The number of carbonyl (C=O) groups excluding carboxylic acids is 1. The summed E-state index contributed by atoms with van der Waals surface area (Å²) in [5, 5.41) is 18.7. The van der Waals surface area contributed by atoms with Gasteiger partial charge in [0.25, 0.3) is 5.91 Å². The smallest absolute Gasteiger partial charge is 0.273 e. The van der Waals surface area contributed by atoms with Crippen LogP contribution in [0.3, 0.4) is 0 Å². The van der Waals surface area contributed by atoms with E-state index in [2.05, 4.69) is 17.1 Å². The average molecular weight is 488 g/mol. The highest BCUT2D eigenvalue weighted by Crippen LogP contribution is 2.46. The monoisotopic (exact) mass is 487 g/mol. The Kier molecular flexibility index (Phi) is 6.22. The van der Waals surface area contributed by atoms with E-state index in [9.17, 15) is 9.90 Å². The number of nitrogens with one attached hydrogen (secondary N) is 1. The number of carbonyl (C=O) groups is 1. The van der Waals surface area contributed by atoms with E-state index in [1.165, 1.54) is 0 Å². The largest absolute Gasteiger partial charge is 0.507 e. The Labute approximate surface area is 209 Å². The van der Waals surface area contributed by atoms with E-state index >= 15 is 0 Å².